The van der Waals surface area contributed by atoms with Gasteiger partial charge in [-0.15, -0.1) is 0 Å². The highest BCUT2D eigenvalue weighted by Crippen LogP contribution is 2.55. The highest BCUT2D eigenvalue weighted by atomic mass is 32.1. The Morgan fingerprint density at radius 3 is 2.22 bits per heavy atom. The normalized spacial score (nSPS) is 39.0. The van der Waals surface area contributed by atoms with Gasteiger partial charge in [-0.2, -0.15) is 12.6 Å². The molecule has 0 bridgehead atoms. The van der Waals surface area contributed by atoms with Crippen LogP contribution in [0.15, 0.2) is 0 Å². The van der Waals surface area contributed by atoms with Crippen molar-refractivity contribution in [1.29, 1.82) is 0 Å². The molecule has 1 heterocycles. The third-order valence-electron chi connectivity index (χ3n) is 2.75. The maximum atomic E-state index is 4.48. The van der Waals surface area contributed by atoms with Crippen LogP contribution in [0.4, 0.5) is 0 Å². The summed E-state index contributed by atoms with van der Waals surface area (Å²) in [6.45, 7) is 2.44. The van der Waals surface area contributed by atoms with Crippen molar-refractivity contribution in [2.75, 3.05) is 13.1 Å². The van der Waals surface area contributed by atoms with E-state index in [1.54, 1.807) is 0 Å². The topological polar surface area (TPSA) is 12.0 Å². The molecule has 1 saturated heterocycles. The first-order valence-corrected chi connectivity index (χ1v) is 4.24. The molecular formula is C7H13NS. The summed E-state index contributed by atoms with van der Waals surface area (Å²) in [5.41, 5.74) is 0.689. The van der Waals surface area contributed by atoms with E-state index in [9.17, 15) is 0 Å². The fraction of sp³-hybridized carbons (Fsp3) is 1.00. The summed E-state index contributed by atoms with van der Waals surface area (Å²) >= 11 is 4.48. The van der Waals surface area contributed by atoms with Crippen molar-refractivity contribution in [3.05, 3.63) is 0 Å². The van der Waals surface area contributed by atoms with E-state index >= 15 is 0 Å². The van der Waals surface area contributed by atoms with Crippen LogP contribution >= 0.6 is 12.6 Å². The Morgan fingerprint density at radius 2 is 1.89 bits per heavy atom. The molecule has 1 N–H and O–H groups in total. The van der Waals surface area contributed by atoms with Gasteiger partial charge >= 0.3 is 0 Å². The zero-order valence-corrected chi connectivity index (χ0v) is 6.45. The van der Waals surface area contributed by atoms with E-state index in [4.69, 9.17) is 0 Å². The molecule has 1 saturated carbocycles. The minimum atomic E-state index is 0.689. The predicted octanol–water partition coefficient (Wildman–Crippen LogP) is 1.06. The van der Waals surface area contributed by atoms with Crippen molar-refractivity contribution in [2.45, 2.75) is 24.5 Å². The molecule has 0 radical (unpaired) electrons. The monoisotopic (exact) mass is 143 g/mol. The Bertz CT molecular complexity index is 118. The molecule has 2 fully saturated rings. The lowest BCUT2D eigenvalue weighted by atomic mass is 9.95. The average Bonchev–Trinajstić information content (AvgIpc) is 2.44. The third kappa shape index (κ3) is 0.887. The Labute approximate surface area is 61.6 Å². The number of hydrogen-bond acceptors (Lipinski definition) is 2. The standard InChI is InChI=1S/C7H13NS/c9-6-5-7(6)1-3-8-4-2-7/h6,8-9H,1-5H2. The van der Waals surface area contributed by atoms with Crippen LogP contribution in [0.25, 0.3) is 0 Å². The van der Waals surface area contributed by atoms with Crippen LogP contribution in [0.2, 0.25) is 0 Å². The predicted molar refractivity (Wildman–Crippen MR) is 41.9 cm³/mol. The molecule has 0 aromatic carbocycles. The summed E-state index contributed by atoms with van der Waals surface area (Å²) in [4.78, 5) is 0. The van der Waals surface area contributed by atoms with E-state index in [1.807, 2.05) is 0 Å². The second-order valence-corrected chi connectivity index (χ2v) is 3.96. The smallest absolute Gasteiger partial charge is 0.00803 e. The molecular weight excluding hydrogens is 130 g/mol. The summed E-state index contributed by atoms with van der Waals surface area (Å²) in [7, 11) is 0. The van der Waals surface area contributed by atoms with Gasteiger partial charge in [0.2, 0.25) is 0 Å². The van der Waals surface area contributed by atoms with Crippen LogP contribution in [0.1, 0.15) is 19.3 Å². The molecule has 1 nitrogen and oxygen atoms in total. The molecule has 0 amide bonds. The second kappa shape index (κ2) is 1.89. The van der Waals surface area contributed by atoms with Gasteiger partial charge in [0.1, 0.15) is 0 Å². The summed E-state index contributed by atoms with van der Waals surface area (Å²) in [6, 6.07) is 0. The van der Waals surface area contributed by atoms with E-state index in [2.05, 4.69) is 17.9 Å². The Morgan fingerprint density at radius 1 is 1.33 bits per heavy atom. The van der Waals surface area contributed by atoms with Crippen molar-refractivity contribution in [3.8, 4) is 0 Å². The molecule has 0 aromatic rings. The molecule has 9 heavy (non-hydrogen) atoms. The van der Waals surface area contributed by atoms with E-state index in [0.717, 1.165) is 5.25 Å². The Kier molecular flexibility index (Phi) is 1.27. The lowest BCUT2D eigenvalue weighted by molar-refractivity contribution is 0.356. The van der Waals surface area contributed by atoms with Crippen LogP contribution in [0, 0.1) is 5.41 Å². The van der Waals surface area contributed by atoms with E-state index in [1.165, 1.54) is 32.4 Å². The van der Waals surface area contributed by atoms with Gasteiger partial charge in [-0.3, -0.25) is 0 Å². The summed E-state index contributed by atoms with van der Waals surface area (Å²) in [5.74, 6) is 0. The van der Waals surface area contributed by atoms with Crippen LogP contribution in [0.5, 0.6) is 0 Å². The van der Waals surface area contributed by atoms with Crippen LogP contribution in [0.3, 0.4) is 0 Å². The highest BCUT2D eigenvalue weighted by Gasteiger charge is 2.51. The van der Waals surface area contributed by atoms with Gasteiger partial charge in [0, 0.05) is 5.25 Å². The van der Waals surface area contributed by atoms with Gasteiger partial charge in [0.05, 0.1) is 0 Å². The molecule has 1 spiro atoms. The largest absolute Gasteiger partial charge is 0.317 e. The molecule has 1 atom stereocenters. The lowest BCUT2D eigenvalue weighted by Crippen LogP contribution is -2.29. The molecule has 0 aromatic heterocycles. The molecule has 2 rings (SSSR count). The number of hydrogen-bond donors (Lipinski definition) is 2. The highest BCUT2D eigenvalue weighted by molar-refractivity contribution is 7.81. The van der Waals surface area contributed by atoms with Crippen molar-refractivity contribution in [2.24, 2.45) is 5.41 Å². The van der Waals surface area contributed by atoms with Crippen molar-refractivity contribution in [3.63, 3.8) is 0 Å². The molecule has 1 unspecified atom stereocenters. The van der Waals surface area contributed by atoms with Gasteiger partial charge in [0.15, 0.2) is 0 Å². The average molecular weight is 143 g/mol. The first kappa shape index (κ1) is 6.05. The van der Waals surface area contributed by atoms with E-state index in [-0.39, 0.29) is 0 Å². The first-order chi connectivity index (χ1) is 4.33. The van der Waals surface area contributed by atoms with Crippen molar-refractivity contribution >= 4 is 12.6 Å². The zero-order chi connectivity index (χ0) is 6.32. The first-order valence-electron chi connectivity index (χ1n) is 3.72. The van der Waals surface area contributed by atoms with E-state index < -0.39 is 0 Å². The lowest BCUT2D eigenvalue weighted by Gasteiger charge is -2.22. The summed E-state index contributed by atoms with van der Waals surface area (Å²) < 4.78 is 0. The number of rotatable bonds is 0. The van der Waals surface area contributed by atoms with Gasteiger partial charge in [-0.05, 0) is 37.8 Å². The summed E-state index contributed by atoms with van der Waals surface area (Å²) in [5, 5.41) is 4.10. The maximum Gasteiger partial charge on any atom is 0.00803 e. The van der Waals surface area contributed by atoms with Gasteiger partial charge in [0.25, 0.3) is 0 Å². The van der Waals surface area contributed by atoms with Crippen molar-refractivity contribution in [1.82, 2.24) is 5.32 Å². The maximum absolute atomic E-state index is 4.48. The van der Waals surface area contributed by atoms with Crippen LogP contribution < -0.4 is 5.32 Å². The second-order valence-electron chi connectivity index (χ2n) is 3.33. The fourth-order valence-electron chi connectivity index (χ4n) is 1.79. The SMILES string of the molecule is SC1CC12CCNCC2. The molecule has 52 valence electrons. The Balaban J connectivity index is 1.97. The zero-order valence-electron chi connectivity index (χ0n) is 5.56. The number of piperidine rings is 1. The van der Waals surface area contributed by atoms with Crippen molar-refractivity contribution < 1.29 is 0 Å². The van der Waals surface area contributed by atoms with Gasteiger partial charge in [-0.1, -0.05) is 0 Å². The number of nitrogens with one attached hydrogen (secondary N) is 1. The number of thiol groups is 1. The molecule has 1 aliphatic carbocycles. The molecule has 2 heteroatoms. The van der Waals surface area contributed by atoms with Gasteiger partial charge in [-0.25, -0.2) is 0 Å². The van der Waals surface area contributed by atoms with Crippen LogP contribution in [-0.4, -0.2) is 18.3 Å². The van der Waals surface area contributed by atoms with Gasteiger partial charge < -0.3 is 5.32 Å². The minimum absolute atomic E-state index is 0.689. The Hall–Kier alpha value is 0.310. The summed E-state index contributed by atoms with van der Waals surface area (Å²) in [6.07, 6.45) is 4.10. The van der Waals surface area contributed by atoms with Crippen LogP contribution in [-0.2, 0) is 0 Å². The minimum Gasteiger partial charge on any atom is -0.317 e. The molecule has 1 aliphatic heterocycles. The van der Waals surface area contributed by atoms with E-state index in [0.29, 0.717) is 5.41 Å². The fourth-order valence-corrected chi connectivity index (χ4v) is 2.41. The third-order valence-corrected chi connectivity index (χ3v) is 3.48. The molecule has 2 aliphatic rings. The quantitative estimate of drug-likeness (QED) is 0.483.